The van der Waals surface area contributed by atoms with Crippen molar-refractivity contribution >= 4 is 33.3 Å². The van der Waals surface area contributed by atoms with Crippen molar-refractivity contribution in [3.8, 4) is 0 Å². The lowest BCUT2D eigenvalue weighted by Gasteiger charge is -2.16. The summed E-state index contributed by atoms with van der Waals surface area (Å²) in [7, 11) is 1.98. The van der Waals surface area contributed by atoms with Gasteiger partial charge in [-0.1, -0.05) is 35.3 Å². The molecule has 0 bridgehead atoms. The quantitative estimate of drug-likeness (QED) is 0.826. The smallest absolute Gasteiger partial charge is 0.276 e. The number of hydrogen-bond acceptors (Lipinski definition) is 4. The van der Waals surface area contributed by atoms with Crippen LogP contribution in [0.1, 0.15) is 35.8 Å². The Balaban J connectivity index is 2.03. The van der Waals surface area contributed by atoms with E-state index in [4.69, 9.17) is 0 Å². The van der Waals surface area contributed by atoms with Crippen LogP contribution in [0.15, 0.2) is 34.8 Å². The van der Waals surface area contributed by atoms with E-state index in [1.54, 1.807) is 6.07 Å². The van der Waals surface area contributed by atoms with Gasteiger partial charge in [0, 0.05) is 23.8 Å². The molecule has 0 fully saturated rings. The van der Waals surface area contributed by atoms with Crippen molar-refractivity contribution in [2.75, 3.05) is 23.8 Å². The summed E-state index contributed by atoms with van der Waals surface area (Å²) < 4.78 is 0.953. The van der Waals surface area contributed by atoms with Gasteiger partial charge < -0.3 is 10.2 Å². The average molecular weight is 377 g/mol. The molecule has 1 N–H and O–H groups in total. The minimum Gasteiger partial charge on any atom is -0.358 e. The van der Waals surface area contributed by atoms with Crippen LogP contribution < -0.4 is 10.2 Å². The molecule has 0 atom stereocenters. The molecule has 5 nitrogen and oxygen atoms in total. The Kier molecular flexibility index (Phi) is 6.10. The van der Waals surface area contributed by atoms with E-state index in [1.165, 1.54) is 0 Å². The summed E-state index contributed by atoms with van der Waals surface area (Å²) >= 11 is 3.45. The number of unbranched alkanes of at least 4 members (excludes halogenated alkanes) is 1. The van der Waals surface area contributed by atoms with E-state index in [9.17, 15) is 4.79 Å². The van der Waals surface area contributed by atoms with Gasteiger partial charge in [-0.2, -0.15) is 0 Å². The fourth-order valence-corrected chi connectivity index (χ4v) is 2.40. The van der Waals surface area contributed by atoms with Crippen molar-refractivity contribution in [1.82, 2.24) is 10.2 Å². The molecule has 1 heterocycles. The maximum Gasteiger partial charge on any atom is 0.276 e. The number of anilines is 2. The lowest BCUT2D eigenvalue weighted by atomic mass is 10.2. The Morgan fingerprint density at radius 3 is 2.65 bits per heavy atom. The van der Waals surface area contributed by atoms with E-state index in [1.807, 2.05) is 43.1 Å². The number of nitrogens with one attached hydrogen (secondary N) is 1. The predicted molar refractivity (Wildman–Crippen MR) is 97.0 cm³/mol. The molecule has 6 heteroatoms. The number of halogens is 1. The zero-order chi connectivity index (χ0) is 16.8. The number of aromatic nitrogens is 2. The van der Waals surface area contributed by atoms with Crippen LogP contribution in [0.4, 0.5) is 11.5 Å². The van der Waals surface area contributed by atoms with Gasteiger partial charge in [0.15, 0.2) is 11.5 Å². The molecule has 2 aromatic rings. The summed E-state index contributed by atoms with van der Waals surface area (Å²) in [5, 5.41) is 11.0. The van der Waals surface area contributed by atoms with E-state index in [0.717, 1.165) is 40.9 Å². The molecule has 0 spiro atoms. The topological polar surface area (TPSA) is 58.1 Å². The van der Waals surface area contributed by atoms with Gasteiger partial charge >= 0.3 is 0 Å². The van der Waals surface area contributed by atoms with Crippen molar-refractivity contribution in [2.24, 2.45) is 0 Å². The van der Waals surface area contributed by atoms with Crippen LogP contribution in [0, 0.1) is 6.92 Å². The highest BCUT2D eigenvalue weighted by atomic mass is 79.9. The Morgan fingerprint density at radius 1 is 1.26 bits per heavy atom. The number of carbonyl (C=O) groups is 1. The monoisotopic (exact) mass is 376 g/mol. The van der Waals surface area contributed by atoms with Crippen molar-refractivity contribution in [2.45, 2.75) is 26.7 Å². The van der Waals surface area contributed by atoms with Gasteiger partial charge in [0.1, 0.15) is 0 Å². The van der Waals surface area contributed by atoms with Crippen molar-refractivity contribution in [3.05, 3.63) is 46.1 Å². The number of rotatable bonds is 6. The van der Waals surface area contributed by atoms with E-state index >= 15 is 0 Å². The molecule has 1 aromatic heterocycles. The van der Waals surface area contributed by atoms with Gasteiger partial charge in [-0.25, -0.2) is 0 Å². The molecule has 0 aliphatic heterocycles. The molecule has 1 amide bonds. The molecule has 1 aromatic carbocycles. The average Bonchev–Trinajstić information content (AvgIpc) is 2.56. The van der Waals surface area contributed by atoms with Crippen LogP contribution in [-0.2, 0) is 0 Å². The Labute approximate surface area is 145 Å². The Hall–Kier alpha value is -1.95. The standard InChI is InChI=1S/C17H21BrN4O/c1-4-5-10-22(3)16-9-8-15(20-21-16)17(23)19-13-7-6-12(2)14(18)11-13/h6-9,11H,4-5,10H2,1-3H3,(H,19,23). The van der Waals surface area contributed by atoms with Gasteiger partial charge in [-0.15, -0.1) is 10.2 Å². The van der Waals surface area contributed by atoms with Crippen LogP contribution in [0.3, 0.4) is 0 Å². The van der Waals surface area contributed by atoms with Gasteiger partial charge in [-0.3, -0.25) is 4.79 Å². The Morgan fingerprint density at radius 2 is 2.04 bits per heavy atom. The second-order valence-electron chi connectivity index (χ2n) is 5.47. The molecular formula is C17H21BrN4O. The SMILES string of the molecule is CCCCN(C)c1ccc(C(=O)Nc2ccc(C)c(Br)c2)nn1. The minimum atomic E-state index is -0.268. The second kappa shape index (κ2) is 8.06. The molecule has 0 saturated carbocycles. The maximum atomic E-state index is 12.2. The molecule has 122 valence electrons. The Bertz CT molecular complexity index is 673. The molecular weight excluding hydrogens is 356 g/mol. The van der Waals surface area contributed by atoms with Gasteiger partial charge in [0.2, 0.25) is 0 Å². The first-order valence-corrected chi connectivity index (χ1v) is 8.43. The van der Waals surface area contributed by atoms with Crippen LogP contribution in [0.2, 0.25) is 0 Å². The van der Waals surface area contributed by atoms with Crippen LogP contribution in [0.5, 0.6) is 0 Å². The van der Waals surface area contributed by atoms with E-state index in [0.29, 0.717) is 5.69 Å². The number of aryl methyl sites for hydroxylation is 1. The zero-order valence-corrected chi connectivity index (χ0v) is 15.2. The van der Waals surface area contributed by atoms with E-state index in [2.05, 4.69) is 38.4 Å². The summed E-state index contributed by atoms with van der Waals surface area (Å²) in [6, 6.07) is 9.19. The van der Waals surface area contributed by atoms with E-state index < -0.39 is 0 Å². The molecule has 23 heavy (non-hydrogen) atoms. The van der Waals surface area contributed by atoms with Crippen LogP contribution in [-0.4, -0.2) is 29.7 Å². The first kappa shape index (κ1) is 17.4. The molecule has 0 unspecified atom stereocenters. The summed E-state index contributed by atoms with van der Waals surface area (Å²) in [5.41, 5.74) is 2.13. The van der Waals surface area contributed by atoms with Crippen molar-refractivity contribution < 1.29 is 4.79 Å². The van der Waals surface area contributed by atoms with Crippen molar-refractivity contribution in [3.63, 3.8) is 0 Å². The summed E-state index contributed by atoms with van der Waals surface area (Å²) in [4.78, 5) is 14.3. The third-order valence-corrected chi connectivity index (χ3v) is 4.41. The molecule has 2 rings (SSSR count). The summed E-state index contributed by atoms with van der Waals surface area (Å²) in [5.74, 6) is 0.504. The zero-order valence-electron chi connectivity index (χ0n) is 13.6. The first-order valence-electron chi connectivity index (χ1n) is 7.63. The van der Waals surface area contributed by atoms with Gasteiger partial charge in [-0.05, 0) is 43.2 Å². The molecule has 0 aliphatic carbocycles. The lowest BCUT2D eigenvalue weighted by Crippen LogP contribution is -2.21. The number of benzene rings is 1. The molecule has 0 aliphatic rings. The highest BCUT2D eigenvalue weighted by Gasteiger charge is 2.10. The summed E-state index contributed by atoms with van der Waals surface area (Å²) in [6.45, 7) is 5.07. The van der Waals surface area contributed by atoms with Crippen LogP contribution >= 0.6 is 15.9 Å². The van der Waals surface area contributed by atoms with Crippen molar-refractivity contribution in [1.29, 1.82) is 0 Å². The maximum absolute atomic E-state index is 12.2. The fraction of sp³-hybridized carbons (Fsp3) is 0.353. The number of nitrogens with zero attached hydrogens (tertiary/aromatic N) is 3. The number of amides is 1. The van der Waals surface area contributed by atoms with E-state index in [-0.39, 0.29) is 5.91 Å². The molecule has 0 radical (unpaired) electrons. The molecule has 0 saturated heterocycles. The minimum absolute atomic E-state index is 0.268. The summed E-state index contributed by atoms with van der Waals surface area (Å²) in [6.07, 6.45) is 2.23. The normalized spacial score (nSPS) is 10.4. The van der Waals surface area contributed by atoms with Gasteiger partial charge in [0.05, 0.1) is 0 Å². The fourth-order valence-electron chi connectivity index (χ4n) is 2.03. The van der Waals surface area contributed by atoms with Crippen LogP contribution in [0.25, 0.3) is 0 Å². The lowest BCUT2D eigenvalue weighted by molar-refractivity contribution is 0.102. The second-order valence-corrected chi connectivity index (χ2v) is 6.32. The number of carbonyl (C=O) groups excluding carboxylic acids is 1. The largest absolute Gasteiger partial charge is 0.358 e. The first-order chi connectivity index (χ1) is 11.0. The third-order valence-electron chi connectivity index (χ3n) is 3.55. The highest BCUT2D eigenvalue weighted by Crippen LogP contribution is 2.21. The predicted octanol–water partition coefficient (Wildman–Crippen LogP) is 4.04. The highest BCUT2D eigenvalue weighted by molar-refractivity contribution is 9.10. The third kappa shape index (κ3) is 4.76. The number of hydrogen-bond donors (Lipinski definition) is 1. The van der Waals surface area contributed by atoms with Gasteiger partial charge in [0.25, 0.3) is 5.91 Å².